The van der Waals surface area contributed by atoms with Gasteiger partial charge in [-0.25, -0.2) is 4.98 Å². The number of aromatic nitrogens is 2. The number of nitrogens with two attached hydrogens (primary N) is 1. The molecule has 74 valence electrons. The van der Waals surface area contributed by atoms with Crippen LogP contribution in [-0.2, 0) is 13.5 Å². The van der Waals surface area contributed by atoms with Crippen molar-refractivity contribution >= 4 is 0 Å². The van der Waals surface area contributed by atoms with E-state index in [-0.39, 0.29) is 0 Å². The fourth-order valence-electron chi connectivity index (χ4n) is 1.51. The summed E-state index contributed by atoms with van der Waals surface area (Å²) < 4.78 is 7.28. The molecular formula is C10H13N3O. The first-order valence-corrected chi connectivity index (χ1v) is 4.57. The Bertz CT molecular complexity index is 403. The molecule has 2 heterocycles. The number of hydrogen-bond donors (Lipinski definition) is 1. The molecule has 0 saturated carbocycles. The van der Waals surface area contributed by atoms with E-state index in [1.165, 1.54) is 0 Å². The van der Waals surface area contributed by atoms with E-state index in [0.29, 0.717) is 6.54 Å². The second kappa shape index (κ2) is 3.67. The number of aryl methyl sites for hydroxylation is 1. The zero-order valence-corrected chi connectivity index (χ0v) is 8.10. The Kier molecular flexibility index (Phi) is 2.37. The largest absolute Gasteiger partial charge is 0.463 e. The lowest BCUT2D eigenvalue weighted by atomic mass is 10.2. The van der Waals surface area contributed by atoms with Crippen LogP contribution in [0.2, 0.25) is 0 Å². The van der Waals surface area contributed by atoms with Gasteiger partial charge in [-0.15, -0.1) is 0 Å². The summed E-state index contributed by atoms with van der Waals surface area (Å²) in [4.78, 5) is 4.29. The molecule has 0 aliphatic rings. The van der Waals surface area contributed by atoms with E-state index in [0.717, 1.165) is 23.6 Å². The summed E-state index contributed by atoms with van der Waals surface area (Å²) in [7, 11) is 1.96. The van der Waals surface area contributed by atoms with E-state index in [1.54, 1.807) is 12.6 Å². The molecular weight excluding hydrogens is 178 g/mol. The third kappa shape index (κ3) is 1.44. The molecule has 0 radical (unpaired) electrons. The van der Waals surface area contributed by atoms with E-state index in [1.807, 2.05) is 23.7 Å². The maximum absolute atomic E-state index is 5.54. The van der Waals surface area contributed by atoms with Crippen LogP contribution in [0.5, 0.6) is 0 Å². The van der Waals surface area contributed by atoms with Crippen molar-refractivity contribution in [2.75, 3.05) is 6.54 Å². The molecule has 0 atom stereocenters. The highest BCUT2D eigenvalue weighted by Crippen LogP contribution is 2.22. The number of imidazole rings is 1. The van der Waals surface area contributed by atoms with Gasteiger partial charge in [0.1, 0.15) is 5.69 Å². The molecule has 0 aliphatic heterocycles. The predicted octanol–water partition coefficient (Wildman–Crippen LogP) is 1.18. The minimum atomic E-state index is 0.618. The fourth-order valence-corrected chi connectivity index (χ4v) is 1.51. The highest BCUT2D eigenvalue weighted by molar-refractivity contribution is 5.55. The maximum Gasteiger partial charge on any atom is 0.154 e. The highest BCUT2D eigenvalue weighted by atomic mass is 16.3. The summed E-state index contributed by atoms with van der Waals surface area (Å²) in [5, 5.41) is 0. The molecule has 14 heavy (non-hydrogen) atoms. The Hall–Kier alpha value is -1.55. The van der Waals surface area contributed by atoms with Gasteiger partial charge in [-0.3, -0.25) is 0 Å². The van der Waals surface area contributed by atoms with Crippen molar-refractivity contribution in [2.45, 2.75) is 6.42 Å². The lowest BCUT2D eigenvalue weighted by Crippen LogP contribution is -2.07. The predicted molar refractivity (Wildman–Crippen MR) is 53.7 cm³/mol. The van der Waals surface area contributed by atoms with Gasteiger partial charge >= 0.3 is 0 Å². The molecule has 0 spiro atoms. The molecule has 4 heteroatoms. The third-order valence-electron chi connectivity index (χ3n) is 2.19. The second-order valence-corrected chi connectivity index (χ2v) is 3.17. The van der Waals surface area contributed by atoms with E-state index >= 15 is 0 Å². The Morgan fingerprint density at radius 3 is 3.07 bits per heavy atom. The molecule has 4 nitrogen and oxygen atoms in total. The number of hydrogen-bond acceptors (Lipinski definition) is 3. The van der Waals surface area contributed by atoms with Crippen molar-refractivity contribution in [3.05, 3.63) is 30.4 Å². The molecule has 0 fully saturated rings. The van der Waals surface area contributed by atoms with Gasteiger partial charge < -0.3 is 14.7 Å². The Labute approximate surface area is 82.4 Å². The summed E-state index contributed by atoms with van der Waals surface area (Å²) in [5.41, 5.74) is 7.54. The van der Waals surface area contributed by atoms with Crippen LogP contribution in [0.4, 0.5) is 0 Å². The molecule has 0 amide bonds. The van der Waals surface area contributed by atoms with Crippen LogP contribution in [0.15, 0.2) is 29.1 Å². The molecule has 0 aromatic carbocycles. The minimum absolute atomic E-state index is 0.618. The van der Waals surface area contributed by atoms with Gasteiger partial charge in [0.15, 0.2) is 5.76 Å². The van der Waals surface area contributed by atoms with Gasteiger partial charge in [0.2, 0.25) is 0 Å². The summed E-state index contributed by atoms with van der Waals surface area (Å²) in [5.74, 6) is 0.800. The molecule has 0 unspecified atom stereocenters. The van der Waals surface area contributed by atoms with E-state index in [4.69, 9.17) is 10.2 Å². The van der Waals surface area contributed by atoms with Gasteiger partial charge in [-0.2, -0.15) is 0 Å². The molecule has 2 N–H and O–H groups in total. The highest BCUT2D eigenvalue weighted by Gasteiger charge is 2.11. The van der Waals surface area contributed by atoms with E-state index in [2.05, 4.69) is 4.98 Å². The lowest BCUT2D eigenvalue weighted by Gasteiger charge is -2.01. The number of furan rings is 1. The molecule has 2 rings (SSSR count). The van der Waals surface area contributed by atoms with Crippen LogP contribution in [0.3, 0.4) is 0 Å². The number of nitrogens with zero attached hydrogens (tertiary/aromatic N) is 2. The van der Waals surface area contributed by atoms with Crippen LogP contribution < -0.4 is 5.73 Å². The Morgan fingerprint density at radius 1 is 1.57 bits per heavy atom. The standard InChI is InChI=1S/C10H13N3O/c1-13-7-12-10(8(13)4-5-11)9-3-2-6-14-9/h2-3,6-7H,4-5,11H2,1H3. The zero-order valence-electron chi connectivity index (χ0n) is 8.10. The minimum Gasteiger partial charge on any atom is -0.463 e. The fraction of sp³-hybridized carbons (Fsp3) is 0.300. The van der Waals surface area contributed by atoms with Gasteiger partial charge in [0, 0.05) is 19.2 Å². The smallest absolute Gasteiger partial charge is 0.154 e. The molecule has 0 saturated heterocycles. The lowest BCUT2D eigenvalue weighted by molar-refractivity contribution is 0.579. The third-order valence-corrected chi connectivity index (χ3v) is 2.19. The summed E-state index contributed by atoms with van der Waals surface area (Å²) in [6.45, 7) is 0.618. The first-order chi connectivity index (χ1) is 6.83. The topological polar surface area (TPSA) is 57.0 Å². The van der Waals surface area contributed by atoms with Crippen molar-refractivity contribution in [3.63, 3.8) is 0 Å². The summed E-state index contributed by atoms with van der Waals surface area (Å²) in [6.07, 6.45) is 4.24. The van der Waals surface area contributed by atoms with Gasteiger partial charge in [0.05, 0.1) is 12.6 Å². The Balaban J connectivity index is 2.43. The number of rotatable bonds is 3. The summed E-state index contributed by atoms with van der Waals surface area (Å²) in [6, 6.07) is 3.76. The van der Waals surface area contributed by atoms with Crippen LogP contribution in [-0.4, -0.2) is 16.1 Å². The first kappa shape index (κ1) is 9.02. The van der Waals surface area contributed by atoms with Crippen molar-refractivity contribution in [1.82, 2.24) is 9.55 Å². The van der Waals surface area contributed by atoms with Gasteiger partial charge in [-0.05, 0) is 18.7 Å². The van der Waals surface area contributed by atoms with Gasteiger partial charge in [0.25, 0.3) is 0 Å². The van der Waals surface area contributed by atoms with Crippen molar-refractivity contribution in [3.8, 4) is 11.5 Å². The van der Waals surface area contributed by atoms with E-state index in [9.17, 15) is 0 Å². The quantitative estimate of drug-likeness (QED) is 0.792. The molecule has 2 aromatic heterocycles. The van der Waals surface area contributed by atoms with Crippen LogP contribution >= 0.6 is 0 Å². The monoisotopic (exact) mass is 191 g/mol. The van der Waals surface area contributed by atoms with Crippen LogP contribution in [0.1, 0.15) is 5.69 Å². The first-order valence-electron chi connectivity index (χ1n) is 4.57. The van der Waals surface area contributed by atoms with Crippen LogP contribution in [0, 0.1) is 0 Å². The van der Waals surface area contributed by atoms with Crippen molar-refractivity contribution in [2.24, 2.45) is 12.8 Å². The average Bonchev–Trinajstić information content (AvgIpc) is 2.77. The normalized spacial score (nSPS) is 10.7. The van der Waals surface area contributed by atoms with Gasteiger partial charge in [-0.1, -0.05) is 0 Å². The van der Waals surface area contributed by atoms with Crippen molar-refractivity contribution in [1.29, 1.82) is 0 Å². The second-order valence-electron chi connectivity index (χ2n) is 3.17. The zero-order chi connectivity index (χ0) is 9.97. The van der Waals surface area contributed by atoms with E-state index < -0.39 is 0 Å². The summed E-state index contributed by atoms with van der Waals surface area (Å²) >= 11 is 0. The van der Waals surface area contributed by atoms with Crippen molar-refractivity contribution < 1.29 is 4.42 Å². The molecule has 0 bridgehead atoms. The average molecular weight is 191 g/mol. The molecule has 2 aromatic rings. The van der Waals surface area contributed by atoms with Crippen LogP contribution in [0.25, 0.3) is 11.5 Å². The molecule has 0 aliphatic carbocycles. The Morgan fingerprint density at radius 2 is 2.43 bits per heavy atom. The SMILES string of the molecule is Cn1cnc(-c2ccco2)c1CCN. The maximum atomic E-state index is 5.54.